The van der Waals surface area contributed by atoms with E-state index >= 15 is 0 Å². The van der Waals surface area contributed by atoms with Crippen molar-refractivity contribution in [1.82, 2.24) is 15.5 Å². The molecule has 0 saturated carbocycles. The summed E-state index contributed by atoms with van der Waals surface area (Å²) in [6, 6.07) is 4.31. The highest BCUT2D eigenvalue weighted by molar-refractivity contribution is 7.11. The fourth-order valence-electron chi connectivity index (χ4n) is 2.40. The Bertz CT molecular complexity index is 455. The molecule has 0 unspecified atom stereocenters. The Morgan fingerprint density at radius 2 is 2.14 bits per heavy atom. The topological polar surface area (TPSA) is 48.9 Å². The van der Waals surface area contributed by atoms with Crippen LogP contribution in [0.5, 0.6) is 0 Å². The number of thiophene rings is 1. The first kappa shape index (κ1) is 17.2. The fourth-order valence-corrected chi connectivity index (χ4v) is 3.22. The number of hydrogen-bond acceptors (Lipinski definition) is 4. The molecule has 6 heteroatoms. The van der Waals surface area contributed by atoms with Crippen LogP contribution in [0.2, 0.25) is 0 Å². The van der Waals surface area contributed by atoms with Gasteiger partial charge >= 0.3 is 0 Å². The van der Waals surface area contributed by atoms with Gasteiger partial charge in [-0.3, -0.25) is 4.90 Å². The van der Waals surface area contributed by atoms with Gasteiger partial charge in [0.1, 0.15) is 0 Å². The van der Waals surface area contributed by atoms with E-state index in [9.17, 15) is 0 Å². The van der Waals surface area contributed by atoms with Crippen LogP contribution in [0.3, 0.4) is 0 Å². The number of aryl methyl sites for hydroxylation is 1. The van der Waals surface area contributed by atoms with Gasteiger partial charge in [0.15, 0.2) is 5.96 Å². The summed E-state index contributed by atoms with van der Waals surface area (Å²) < 4.78 is 5.37. The number of ether oxygens (including phenoxy) is 1. The van der Waals surface area contributed by atoms with Crippen molar-refractivity contribution in [3.8, 4) is 0 Å². The summed E-state index contributed by atoms with van der Waals surface area (Å²) in [5.74, 6) is 0.913. The van der Waals surface area contributed by atoms with Crippen LogP contribution in [-0.4, -0.2) is 56.8 Å². The van der Waals surface area contributed by atoms with Crippen molar-refractivity contribution in [1.29, 1.82) is 0 Å². The molecule has 0 atom stereocenters. The molecule has 124 valence electrons. The Labute approximate surface area is 137 Å². The molecule has 0 bridgehead atoms. The lowest BCUT2D eigenvalue weighted by Gasteiger charge is -2.26. The molecular weight excluding hydrogens is 296 g/mol. The number of morpholine rings is 1. The molecule has 0 aromatic carbocycles. The van der Waals surface area contributed by atoms with Gasteiger partial charge in [0.2, 0.25) is 0 Å². The van der Waals surface area contributed by atoms with E-state index in [0.717, 1.165) is 64.9 Å². The molecular formula is C16H28N4OS. The highest BCUT2D eigenvalue weighted by atomic mass is 32.1. The van der Waals surface area contributed by atoms with Crippen LogP contribution in [0.4, 0.5) is 0 Å². The molecule has 2 rings (SSSR count). The number of hydrogen-bond donors (Lipinski definition) is 2. The normalized spacial score (nSPS) is 16.7. The van der Waals surface area contributed by atoms with Crippen molar-refractivity contribution in [3.05, 3.63) is 21.9 Å². The summed E-state index contributed by atoms with van der Waals surface area (Å²) >= 11 is 1.81. The predicted octanol–water partition coefficient (Wildman–Crippen LogP) is 1.83. The molecule has 2 heterocycles. The first-order chi connectivity index (χ1) is 10.8. The second kappa shape index (κ2) is 9.82. The van der Waals surface area contributed by atoms with Crippen molar-refractivity contribution in [2.45, 2.75) is 26.8 Å². The van der Waals surface area contributed by atoms with Gasteiger partial charge in [-0.2, -0.15) is 0 Å². The van der Waals surface area contributed by atoms with Crippen LogP contribution < -0.4 is 10.6 Å². The van der Waals surface area contributed by atoms with Gasteiger partial charge in [0.25, 0.3) is 0 Å². The Morgan fingerprint density at radius 3 is 2.82 bits per heavy atom. The zero-order valence-corrected chi connectivity index (χ0v) is 14.5. The molecule has 0 spiro atoms. The van der Waals surface area contributed by atoms with Gasteiger partial charge in [0, 0.05) is 35.9 Å². The molecule has 1 fully saturated rings. The lowest BCUT2D eigenvalue weighted by Crippen LogP contribution is -2.40. The van der Waals surface area contributed by atoms with Gasteiger partial charge in [0.05, 0.1) is 19.8 Å². The molecule has 5 nitrogen and oxygen atoms in total. The van der Waals surface area contributed by atoms with E-state index in [-0.39, 0.29) is 0 Å². The summed E-state index contributed by atoms with van der Waals surface area (Å²) in [5, 5.41) is 6.73. The standard InChI is InChI=1S/C16H28N4OS/c1-3-17-16(19-13-15-6-5-14(2)22-15)18-7-4-8-20-9-11-21-12-10-20/h5-6H,3-4,7-13H2,1-2H3,(H2,17,18,19). The van der Waals surface area contributed by atoms with Gasteiger partial charge < -0.3 is 15.4 Å². The van der Waals surface area contributed by atoms with Gasteiger partial charge in [-0.1, -0.05) is 0 Å². The molecule has 0 amide bonds. The molecule has 1 saturated heterocycles. The Balaban J connectivity index is 1.68. The average molecular weight is 324 g/mol. The average Bonchev–Trinajstić information content (AvgIpc) is 2.95. The van der Waals surface area contributed by atoms with Crippen molar-refractivity contribution < 1.29 is 4.74 Å². The predicted molar refractivity (Wildman–Crippen MR) is 93.8 cm³/mol. The fraction of sp³-hybridized carbons (Fsp3) is 0.688. The monoisotopic (exact) mass is 324 g/mol. The van der Waals surface area contributed by atoms with Crippen LogP contribution in [0, 0.1) is 6.92 Å². The molecule has 0 radical (unpaired) electrons. The van der Waals surface area contributed by atoms with Crippen molar-refractivity contribution in [3.63, 3.8) is 0 Å². The van der Waals surface area contributed by atoms with Gasteiger partial charge in [-0.25, -0.2) is 4.99 Å². The van der Waals surface area contributed by atoms with Crippen molar-refractivity contribution in [2.24, 2.45) is 4.99 Å². The third kappa shape index (κ3) is 6.34. The summed E-state index contributed by atoms with van der Waals surface area (Å²) in [4.78, 5) is 9.76. The first-order valence-corrected chi connectivity index (χ1v) is 8.97. The van der Waals surface area contributed by atoms with E-state index in [2.05, 4.69) is 46.5 Å². The number of guanidine groups is 1. The smallest absolute Gasteiger partial charge is 0.191 e. The minimum Gasteiger partial charge on any atom is -0.379 e. The molecule has 0 aliphatic carbocycles. The number of nitrogens with zero attached hydrogens (tertiary/aromatic N) is 2. The van der Waals surface area contributed by atoms with Crippen molar-refractivity contribution in [2.75, 3.05) is 45.9 Å². The largest absolute Gasteiger partial charge is 0.379 e. The lowest BCUT2D eigenvalue weighted by molar-refractivity contribution is 0.0376. The first-order valence-electron chi connectivity index (χ1n) is 8.15. The minimum atomic E-state index is 0.747. The van der Waals surface area contributed by atoms with Crippen LogP contribution in [-0.2, 0) is 11.3 Å². The maximum Gasteiger partial charge on any atom is 0.191 e. The maximum atomic E-state index is 5.37. The highest BCUT2D eigenvalue weighted by Crippen LogP contribution is 2.15. The third-order valence-electron chi connectivity index (χ3n) is 3.58. The van der Waals surface area contributed by atoms with Gasteiger partial charge in [-0.15, -0.1) is 11.3 Å². The Morgan fingerprint density at radius 1 is 1.32 bits per heavy atom. The summed E-state index contributed by atoms with van der Waals surface area (Å²) in [5.41, 5.74) is 0. The van der Waals surface area contributed by atoms with Crippen LogP contribution in [0.25, 0.3) is 0 Å². The zero-order chi connectivity index (χ0) is 15.6. The molecule has 1 aliphatic rings. The van der Waals surface area contributed by atoms with E-state index < -0.39 is 0 Å². The Kier molecular flexibility index (Phi) is 7.70. The number of nitrogens with one attached hydrogen (secondary N) is 2. The van der Waals surface area contributed by atoms with E-state index in [4.69, 9.17) is 4.74 Å². The second-order valence-corrected chi connectivity index (χ2v) is 6.81. The molecule has 2 N–H and O–H groups in total. The third-order valence-corrected chi connectivity index (χ3v) is 4.57. The number of rotatable bonds is 7. The van der Waals surface area contributed by atoms with Crippen LogP contribution in [0.15, 0.2) is 17.1 Å². The van der Waals surface area contributed by atoms with Crippen LogP contribution in [0.1, 0.15) is 23.1 Å². The van der Waals surface area contributed by atoms with E-state index in [1.807, 2.05) is 11.3 Å². The van der Waals surface area contributed by atoms with Gasteiger partial charge in [-0.05, 0) is 38.9 Å². The van der Waals surface area contributed by atoms with Crippen LogP contribution >= 0.6 is 11.3 Å². The Hall–Kier alpha value is -1.11. The molecule has 1 aromatic heterocycles. The molecule has 22 heavy (non-hydrogen) atoms. The molecule has 1 aromatic rings. The molecule has 1 aliphatic heterocycles. The van der Waals surface area contributed by atoms with E-state index in [1.165, 1.54) is 9.75 Å². The summed E-state index contributed by atoms with van der Waals surface area (Å²) in [6.45, 7) is 11.8. The zero-order valence-electron chi connectivity index (χ0n) is 13.7. The van der Waals surface area contributed by atoms with E-state index in [0.29, 0.717) is 0 Å². The van der Waals surface area contributed by atoms with E-state index in [1.54, 1.807) is 0 Å². The highest BCUT2D eigenvalue weighted by Gasteiger charge is 2.09. The quantitative estimate of drug-likeness (QED) is 0.456. The summed E-state index contributed by atoms with van der Waals surface area (Å²) in [7, 11) is 0. The maximum absolute atomic E-state index is 5.37. The SMILES string of the molecule is CCNC(=NCc1ccc(C)s1)NCCCN1CCOCC1. The second-order valence-electron chi connectivity index (χ2n) is 5.44. The summed E-state index contributed by atoms with van der Waals surface area (Å²) in [6.07, 6.45) is 1.13. The van der Waals surface area contributed by atoms with Crippen molar-refractivity contribution >= 4 is 17.3 Å². The number of aliphatic imine (C=N–C) groups is 1. The lowest BCUT2D eigenvalue weighted by atomic mass is 10.3. The minimum absolute atomic E-state index is 0.747.